The van der Waals surface area contributed by atoms with Crippen molar-refractivity contribution in [3.05, 3.63) is 51.8 Å². The van der Waals surface area contributed by atoms with Gasteiger partial charge in [0.1, 0.15) is 0 Å². The number of amides is 1. The smallest absolute Gasteiger partial charge is 0.251 e. The van der Waals surface area contributed by atoms with Crippen LogP contribution in [0.4, 0.5) is 0 Å². The number of halogens is 1. The standard InChI is InChI=1S/C14H16BrN3O/c1-10-7-12(3-4-13(10)15)14(19)16-6-5-11-8-17-18(2)9-11/h3-4,7-9H,5-6H2,1-2H3,(H,16,19). The van der Waals surface area contributed by atoms with Crippen LogP contribution in [0.25, 0.3) is 0 Å². The molecule has 0 aliphatic rings. The predicted molar refractivity (Wildman–Crippen MR) is 78.1 cm³/mol. The topological polar surface area (TPSA) is 46.9 Å². The molecule has 100 valence electrons. The van der Waals surface area contributed by atoms with Gasteiger partial charge in [0, 0.05) is 29.8 Å². The molecular weight excluding hydrogens is 306 g/mol. The van der Waals surface area contributed by atoms with E-state index in [1.165, 1.54) is 0 Å². The highest BCUT2D eigenvalue weighted by atomic mass is 79.9. The predicted octanol–water partition coefficient (Wildman–Crippen LogP) is 2.46. The number of hydrogen-bond donors (Lipinski definition) is 1. The molecule has 0 unspecified atom stereocenters. The van der Waals surface area contributed by atoms with Gasteiger partial charge in [-0.15, -0.1) is 0 Å². The maximum absolute atomic E-state index is 12.0. The lowest BCUT2D eigenvalue weighted by Crippen LogP contribution is -2.25. The Hall–Kier alpha value is -1.62. The zero-order valence-corrected chi connectivity index (χ0v) is 12.6. The van der Waals surface area contributed by atoms with Crippen molar-refractivity contribution < 1.29 is 4.79 Å². The number of rotatable bonds is 4. The van der Waals surface area contributed by atoms with E-state index in [2.05, 4.69) is 26.3 Å². The molecule has 1 heterocycles. The second-order valence-corrected chi connectivity index (χ2v) is 5.35. The fourth-order valence-electron chi connectivity index (χ4n) is 1.81. The molecule has 1 N–H and O–H groups in total. The van der Waals surface area contributed by atoms with Gasteiger partial charge in [0.2, 0.25) is 0 Å². The lowest BCUT2D eigenvalue weighted by Gasteiger charge is -2.06. The Morgan fingerprint density at radius 1 is 1.47 bits per heavy atom. The zero-order valence-electron chi connectivity index (χ0n) is 11.0. The highest BCUT2D eigenvalue weighted by Gasteiger charge is 2.06. The molecule has 2 aromatic rings. The molecule has 4 nitrogen and oxygen atoms in total. The summed E-state index contributed by atoms with van der Waals surface area (Å²) in [6.07, 6.45) is 4.56. The summed E-state index contributed by atoms with van der Waals surface area (Å²) in [5.41, 5.74) is 2.86. The van der Waals surface area contributed by atoms with Crippen molar-refractivity contribution >= 4 is 21.8 Å². The van der Waals surface area contributed by atoms with E-state index in [0.717, 1.165) is 22.0 Å². The van der Waals surface area contributed by atoms with E-state index in [-0.39, 0.29) is 5.91 Å². The number of hydrogen-bond acceptors (Lipinski definition) is 2. The van der Waals surface area contributed by atoms with Gasteiger partial charge in [-0.1, -0.05) is 15.9 Å². The molecule has 0 saturated carbocycles. The molecule has 0 atom stereocenters. The number of benzene rings is 1. The molecule has 5 heteroatoms. The molecule has 0 saturated heterocycles. The van der Waals surface area contributed by atoms with Crippen LogP contribution >= 0.6 is 15.9 Å². The lowest BCUT2D eigenvalue weighted by molar-refractivity contribution is 0.0954. The van der Waals surface area contributed by atoms with Crippen molar-refractivity contribution in [3.8, 4) is 0 Å². The quantitative estimate of drug-likeness (QED) is 0.940. The average molecular weight is 322 g/mol. The Morgan fingerprint density at radius 2 is 2.26 bits per heavy atom. The van der Waals surface area contributed by atoms with Crippen LogP contribution in [0.5, 0.6) is 0 Å². The van der Waals surface area contributed by atoms with Crippen LogP contribution in [0.3, 0.4) is 0 Å². The summed E-state index contributed by atoms with van der Waals surface area (Å²) in [4.78, 5) is 12.0. The molecule has 0 spiro atoms. The SMILES string of the molecule is Cc1cc(C(=O)NCCc2cnn(C)c2)ccc1Br. The molecule has 0 aliphatic carbocycles. The van der Waals surface area contributed by atoms with Gasteiger partial charge < -0.3 is 5.32 Å². The first-order valence-electron chi connectivity index (χ1n) is 6.08. The molecule has 1 aromatic heterocycles. The molecule has 2 rings (SSSR count). The molecule has 0 aliphatic heterocycles. The molecule has 19 heavy (non-hydrogen) atoms. The Kier molecular flexibility index (Phi) is 4.37. The third-order valence-electron chi connectivity index (χ3n) is 2.88. The number of aromatic nitrogens is 2. The van der Waals surface area contributed by atoms with Gasteiger partial charge in [0.25, 0.3) is 5.91 Å². The van der Waals surface area contributed by atoms with Gasteiger partial charge in [0.05, 0.1) is 6.20 Å². The molecular formula is C14H16BrN3O. The Balaban J connectivity index is 1.89. The van der Waals surface area contributed by atoms with Crippen LogP contribution < -0.4 is 5.32 Å². The normalized spacial score (nSPS) is 10.5. The van der Waals surface area contributed by atoms with Crippen molar-refractivity contribution in [2.75, 3.05) is 6.54 Å². The minimum Gasteiger partial charge on any atom is -0.352 e. The Morgan fingerprint density at radius 3 is 2.89 bits per heavy atom. The number of aryl methyl sites for hydroxylation is 2. The molecule has 1 amide bonds. The Labute approximate surface area is 120 Å². The molecule has 0 fully saturated rings. The van der Waals surface area contributed by atoms with Crippen LogP contribution in [-0.2, 0) is 13.5 Å². The van der Waals surface area contributed by atoms with E-state index < -0.39 is 0 Å². The third kappa shape index (κ3) is 3.67. The van der Waals surface area contributed by atoms with Crippen molar-refractivity contribution in [2.45, 2.75) is 13.3 Å². The van der Waals surface area contributed by atoms with E-state index in [1.54, 1.807) is 4.68 Å². The van der Waals surface area contributed by atoms with Gasteiger partial charge in [0.15, 0.2) is 0 Å². The maximum Gasteiger partial charge on any atom is 0.251 e. The van der Waals surface area contributed by atoms with Crippen molar-refractivity contribution in [2.24, 2.45) is 7.05 Å². The van der Waals surface area contributed by atoms with E-state index in [1.807, 2.05) is 44.6 Å². The lowest BCUT2D eigenvalue weighted by atomic mass is 10.1. The van der Waals surface area contributed by atoms with Crippen LogP contribution in [0.2, 0.25) is 0 Å². The second-order valence-electron chi connectivity index (χ2n) is 4.49. The average Bonchev–Trinajstić information content (AvgIpc) is 2.78. The first kappa shape index (κ1) is 13.8. The number of nitrogens with one attached hydrogen (secondary N) is 1. The highest BCUT2D eigenvalue weighted by molar-refractivity contribution is 9.10. The van der Waals surface area contributed by atoms with Gasteiger partial charge in [-0.3, -0.25) is 9.48 Å². The summed E-state index contributed by atoms with van der Waals surface area (Å²) in [5.74, 6) is -0.0421. The van der Waals surface area contributed by atoms with Crippen LogP contribution in [0, 0.1) is 6.92 Å². The van der Waals surface area contributed by atoms with Crippen molar-refractivity contribution in [1.82, 2.24) is 15.1 Å². The summed E-state index contributed by atoms with van der Waals surface area (Å²) in [6, 6.07) is 5.59. The first-order chi connectivity index (χ1) is 9.06. The molecule has 1 aromatic carbocycles. The summed E-state index contributed by atoms with van der Waals surface area (Å²) in [6.45, 7) is 2.58. The fraction of sp³-hybridized carbons (Fsp3) is 0.286. The van der Waals surface area contributed by atoms with Crippen LogP contribution in [0.15, 0.2) is 35.1 Å². The largest absolute Gasteiger partial charge is 0.352 e. The number of carbonyl (C=O) groups is 1. The van der Waals surface area contributed by atoms with E-state index in [9.17, 15) is 4.79 Å². The maximum atomic E-state index is 12.0. The first-order valence-corrected chi connectivity index (χ1v) is 6.87. The van der Waals surface area contributed by atoms with E-state index >= 15 is 0 Å². The van der Waals surface area contributed by atoms with E-state index in [0.29, 0.717) is 12.1 Å². The summed E-state index contributed by atoms with van der Waals surface area (Å²) in [5, 5.41) is 7.00. The number of carbonyl (C=O) groups excluding carboxylic acids is 1. The second kappa shape index (κ2) is 6.02. The summed E-state index contributed by atoms with van der Waals surface area (Å²) < 4.78 is 2.77. The van der Waals surface area contributed by atoms with Gasteiger partial charge >= 0.3 is 0 Å². The minimum atomic E-state index is -0.0421. The van der Waals surface area contributed by atoms with Crippen LogP contribution in [-0.4, -0.2) is 22.2 Å². The monoisotopic (exact) mass is 321 g/mol. The van der Waals surface area contributed by atoms with Crippen molar-refractivity contribution in [3.63, 3.8) is 0 Å². The number of nitrogens with zero attached hydrogens (tertiary/aromatic N) is 2. The Bertz CT molecular complexity index is 592. The minimum absolute atomic E-state index is 0.0421. The van der Waals surface area contributed by atoms with Gasteiger partial charge in [-0.05, 0) is 42.7 Å². The summed E-state index contributed by atoms with van der Waals surface area (Å²) >= 11 is 3.42. The van der Waals surface area contributed by atoms with E-state index in [4.69, 9.17) is 0 Å². The van der Waals surface area contributed by atoms with Gasteiger partial charge in [-0.2, -0.15) is 5.10 Å². The molecule has 0 radical (unpaired) electrons. The van der Waals surface area contributed by atoms with Crippen LogP contribution in [0.1, 0.15) is 21.5 Å². The highest BCUT2D eigenvalue weighted by Crippen LogP contribution is 2.16. The molecule has 0 bridgehead atoms. The summed E-state index contributed by atoms with van der Waals surface area (Å²) in [7, 11) is 1.88. The fourth-order valence-corrected chi connectivity index (χ4v) is 2.06. The zero-order chi connectivity index (χ0) is 13.8. The third-order valence-corrected chi connectivity index (χ3v) is 3.77. The van der Waals surface area contributed by atoms with Crippen molar-refractivity contribution in [1.29, 1.82) is 0 Å². The van der Waals surface area contributed by atoms with Gasteiger partial charge in [-0.25, -0.2) is 0 Å².